The second-order valence-electron chi connectivity index (χ2n) is 5.92. The van der Waals surface area contributed by atoms with Gasteiger partial charge in [0.2, 0.25) is 0 Å². The highest BCUT2D eigenvalue weighted by Gasteiger charge is 2.16. The monoisotopic (exact) mass is 297 g/mol. The molecule has 0 bridgehead atoms. The molecule has 0 saturated carbocycles. The molecule has 0 saturated heterocycles. The lowest BCUT2D eigenvalue weighted by atomic mass is 10.1. The molecule has 0 atom stereocenters. The van der Waals surface area contributed by atoms with Crippen molar-refractivity contribution in [1.29, 1.82) is 0 Å². The molecule has 22 heavy (non-hydrogen) atoms. The molecule has 6 nitrogen and oxygen atoms in total. The highest BCUT2D eigenvalue weighted by Crippen LogP contribution is 2.21. The van der Waals surface area contributed by atoms with Crippen molar-refractivity contribution in [3.05, 3.63) is 35.2 Å². The van der Waals surface area contributed by atoms with Crippen molar-refractivity contribution in [3.8, 4) is 0 Å². The van der Waals surface area contributed by atoms with Gasteiger partial charge in [-0.05, 0) is 43.7 Å². The highest BCUT2D eigenvalue weighted by molar-refractivity contribution is 6.03. The number of nitrogens with one attached hydrogen (secondary N) is 2. The minimum absolute atomic E-state index is 0.142. The van der Waals surface area contributed by atoms with Gasteiger partial charge in [0.25, 0.3) is 5.91 Å². The van der Waals surface area contributed by atoms with E-state index in [4.69, 9.17) is 0 Å². The van der Waals surface area contributed by atoms with Gasteiger partial charge in [0.1, 0.15) is 5.82 Å². The van der Waals surface area contributed by atoms with E-state index in [0.717, 1.165) is 50.2 Å². The fraction of sp³-hybridized carbons (Fsp3) is 0.438. The van der Waals surface area contributed by atoms with E-state index in [1.54, 1.807) is 6.20 Å². The zero-order valence-electron chi connectivity index (χ0n) is 12.4. The summed E-state index contributed by atoms with van der Waals surface area (Å²) in [5.41, 5.74) is 2.91. The Hall–Kier alpha value is -2.37. The summed E-state index contributed by atoms with van der Waals surface area (Å²) >= 11 is 0. The van der Waals surface area contributed by atoms with Crippen LogP contribution in [0.15, 0.2) is 18.3 Å². The number of rotatable bonds is 2. The predicted molar refractivity (Wildman–Crippen MR) is 84.2 cm³/mol. The number of carbonyl (C=O) groups excluding carboxylic acids is 1. The van der Waals surface area contributed by atoms with Crippen LogP contribution in [0.2, 0.25) is 0 Å². The van der Waals surface area contributed by atoms with Gasteiger partial charge < -0.3 is 10.6 Å². The molecular weight excluding hydrogens is 278 g/mol. The smallest absolute Gasteiger partial charge is 0.258 e. The molecule has 114 valence electrons. The predicted octanol–water partition coefficient (Wildman–Crippen LogP) is 2.22. The fourth-order valence-electron chi connectivity index (χ4n) is 3.14. The normalized spacial score (nSPS) is 16.4. The summed E-state index contributed by atoms with van der Waals surface area (Å²) in [6.45, 7) is 1.89. The van der Waals surface area contributed by atoms with Gasteiger partial charge in [0.15, 0.2) is 5.82 Å². The molecule has 0 spiro atoms. The second kappa shape index (κ2) is 5.44. The van der Waals surface area contributed by atoms with Gasteiger partial charge in [-0.15, -0.1) is 0 Å². The first-order chi connectivity index (χ1) is 10.8. The number of carbonyl (C=O) groups is 1. The lowest BCUT2D eigenvalue weighted by molar-refractivity contribution is 0.102. The fourth-order valence-corrected chi connectivity index (χ4v) is 3.14. The van der Waals surface area contributed by atoms with Gasteiger partial charge in [-0.2, -0.15) is 5.10 Å². The Labute approximate surface area is 128 Å². The van der Waals surface area contributed by atoms with Crippen molar-refractivity contribution in [2.24, 2.45) is 0 Å². The Kier molecular flexibility index (Phi) is 3.29. The summed E-state index contributed by atoms with van der Waals surface area (Å²) in [5, 5.41) is 10.6. The van der Waals surface area contributed by atoms with Crippen LogP contribution < -0.4 is 10.6 Å². The molecule has 6 heteroatoms. The summed E-state index contributed by atoms with van der Waals surface area (Å²) in [7, 11) is 0. The Morgan fingerprint density at radius 1 is 1.23 bits per heavy atom. The Bertz CT molecular complexity index is 698. The van der Waals surface area contributed by atoms with Crippen molar-refractivity contribution in [2.45, 2.75) is 38.6 Å². The zero-order chi connectivity index (χ0) is 14.9. The maximum Gasteiger partial charge on any atom is 0.258 e. The van der Waals surface area contributed by atoms with Crippen LogP contribution in [0.5, 0.6) is 0 Å². The largest absolute Gasteiger partial charge is 0.370 e. The molecule has 2 aliphatic heterocycles. The van der Waals surface area contributed by atoms with Crippen LogP contribution >= 0.6 is 0 Å². The number of fused-ring (bicyclic) bond motifs is 2. The van der Waals surface area contributed by atoms with Crippen LogP contribution in [-0.2, 0) is 19.4 Å². The SMILES string of the molecule is O=C(Nc1cc2n(n1)CCCC2)c1cnc2c(c1)CCCN2. The molecule has 0 aromatic carbocycles. The number of nitrogens with zero attached hydrogens (tertiary/aromatic N) is 3. The van der Waals surface area contributed by atoms with Crippen molar-refractivity contribution in [3.63, 3.8) is 0 Å². The van der Waals surface area contributed by atoms with Gasteiger partial charge in [-0.1, -0.05) is 0 Å². The molecule has 0 radical (unpaired) electrons. The molecule has 0 unspecified atom stereocenters. The average molecular weight is 297 g/mol. The lowest BCUT2D eigenvalue weighted by Crippen LogP contribution is -2.17. The molecule has 2 aliphatic rings. The first-order valence-corrected chi connectivity index (χ1v) is 7.90. The Balaban J connectivity index is 1.53. The molecule has 1 amide bonds. The van der Waals surface area contributed by atoms with E-state index < -0.39 is 0 Å². The molecule has 2 aromatic rings. The van der Waals surface area contributed by atoms with Crippen LogP contribution in [0.1, 0.15) is 40.9 Å². The van der Waals surface area contributed by atoms with Crippen LogP contribution in [0, 0.1) is 0 Å². The molecule has 2 N–H and O–H groups in total. The number of hydrogen-bond donors (Lipinski definition) is 2. The van der Waals surface area contributed by atoms with E-state index in [1.807, 2.05) is 16.8 Å². The third-order valence-corrected chi connectivity index (χ3v) is 4.30. The Morgan fingerprint density at radius 3 is 3.09 bits per heavy atom. The van der Waals surface area contributed by atoms with E-state index >= 15 is 0 Å². The molecule has 4 heterocycles. The van der Waals surface area contributed by atoms with Crippen LogP contribution in [0.4, 0.5) is 11.6 Å². The molecule has 2 aromatic heterocycles. The molecule has 4 rings (SSSR count). The highest BCUT2D eigenvalue weighted by atomic mass is 16.1. The van der Waals surface area contributed by atoms with Gasteiger partial charge >= 0.3 is 0 Å². The Morgan fingerprint density at radius 2 is 2.18 bits per heavy atom. The zero-order valence-corrected chi connectivity index (χ0v) is 12.4. The third-order valence-electron chi connectivity index (χ3n) is 4.30. The first kappa shape index (κ1) is 13.3. The molecule has 0 aliphatic carbocycles. The average Bonchev–Trinajstić information content (AvgIpc) is 2.96. The number of aryl methyl sites for hydroxylation is 3. The number of hydrogen-bond acceptors (Lipinski definition) is 4. The maximum absolute atomic E-state index is 12.4. The summed E-state index contributed by atoms with van der Waals surface area (Å²) < 4.78 is 1.99. The van der Waals surface area contributed by atoms with Crippen molar-refractivity contribution in [2.75, 3.05) is 17.2 Å². The summed E-state index contributed by atoms with van der Waals surface area (Å²) in [6, 6.07) is 3.91. The topological polar surface area (TPSA) is 71.8 Å². The number of pyridine rings is 1. The first-order valence-electron chi connectivity index (χ1n) is 7.90. The van der Waals surface area contributed by atoms with Crippen molar-refractivity contribution >= 4 is 17.5 Å². The lowest BCUT2D eigenvalue weighted by Gasteiger charge is -2.17. The third kappa shape index (κ3) is 2.45. The van der Waals surface area contributed by atoms with Crippen LogP contribution in [-0.4, -0.2) is 27.2 Å². The number of anilines is 2. The number of amides is 1. The van der Waals surface area contributed by atoms with Crippen molar-refractivity contribution < 1.29 is 4.79 Å². The minimum Gasteiger partial charge on any atom is -0.370 e. The second-order valence-corrected chi connectivity index (χ2v) is 5.92. The summed E-state index contributed by atoms with van der Waals surface area (Å²) in [6.07, 6.45) is 7.06. The number of aromatic nitrogens is 3. The van der Waals surface area contributed by atoms with E-state index in [9.17, 15) is 4.79 Å². The van der Waals surface area contributed by atoms with E-state index in [0.29, 0.717) is 11.4 Å². The van der Waals surface area contributed by atoms with Gasteiger partial charge in [-0.3, -0.25) is 9.48 Å². The van der Waals surface area contributed by atoms with Crippen LogP contribution in [0.3, 0.4) is 0 Å². The van der Waals surface area contributed by atoms with E-state index in [1.165, 1.54) is 12.1 Å². The standard InChI is InChI=1S/C16H19N5O/c22-16(12-8-11-4-3-6-17-15(11)18-10-12)19-14-9-13-5-1-2-7-21(13)20-14/h8-10H,1-7H2,(H,17,18)(H,19,20,22). The van der Waals surface area contributed by atoms with E-state index in [2.05, 4.69) is 20.7 Å². The van der Waals surface area contributed by atoms with Gasteiger partial charge in [0, 0.05) is 31.0 Å². The van der Waals surface area contributed by atoms with Crippen LogP contribution in [0.25, 0.3) is 0 Å². The van der Waals surface area contributed by atoms with Crippen molar-refractivity contribution in [1.82, 2.24) is 14.8 Å². The quantitative estimate of drug-likeness (QED) is 0.891. The van der Waals surface area contributed by atoms with Gasteiger partial charge in [0.05, 0.1) is 5.56 Å². The summed E-state index contributed by atoms with van der Waals surface area (Å²) in [4.78, 5) is 16.7. The summed E-state index contributed by atoms with van der Waals surface area (Å²) in [5.74, 6) is 1.40. The van der Waals surface area contributed by atoms with Gasteiger partial charge in [-0.25, -0.2) is 4.98 Å². The molecular formula is C16H19N5O. The minimum atomic E-state index is -0.142. The van der Waals surface area contributed by atoms with E-state index in [-0.39, 0.29) is 5.91 Å². The maximum atomic E-state index is 12.4. The molecule has 0 fully saturated rings.